The van der Waals surface area contributed by atoms with Crippen LogP contribution in [0.2, 0.25) is 0 Å². The van der Waals surface area contributed by atoms with Crippen LogP contribution in [0.1, 0.15) is 0 Å². The number of fused-ring (bicyclic) bond motifs is 1. The quantitative estimate of drug-likeness (QED) is 0.663. The molecule has 0 spiro atoms. The van der Waals surface area contributed by atoms with Gasteiger partial charge in [0.25, 0.3) is 0 Å². The molecular formula is C23H29NO6S. The second kappa shape index (κ2) is 9.16. The lowest BCUT2D eigenvalue weighted by atomic mass is 10.0. The number of hydrogen-bond acceptors (Lipinski definition) is 7. The Morgan fingerprint density at radius 2 is 1.71 bits per heavy atom. The number of β-amino-alcohol motifs (C(OH)–C–C–N with tert-alkyl or cyclic N) is 1. The van der Waals surface area contributed by atoms with E-state index in [-0.39, 0.29) is 11.5 Å². The fourth-order valence-electron chi connectivity index (χ4n) is 4.31. The van der Waals surface area contributed by atoms with Crippen LogP contribution in [0.5, 0.6) is 11.5 Å². The largest absolute Gasteiger partial charge is 0.497 e. The maximum atomic E-state index is 11.7. The van der Waals surface area contributed by atoms with Crippen molar-refractivity contribution in [2.45, 2.75) is 11.0 Å². The van der Waals surface area contributed by atoms with Crippen molar-refractivity contribution in [3.8, 4) is 22.6 Å². The van der Waals surface area contributed by atoms with Crippen LogP contribution in [-0.4, -0.2) is 77.3 Å². The Bertz CT molecular complexity index is 995. The lowest BCUT2D eigenvalue weighted by molar-refractivity contribution is 0.0675. The highest BCUT2D eigenvalue weighted by atomic mass is 32.2. The topological polar surface area (TPSA) is 85.3 Å². The van der Waals surface area contributed by atoms with Crippen LogP contribution >= 0.6 is 0 Å². The summed E-state index contributed by atoms with van der Waals surface area (Å²) in [5, 5.41) is 10.5. The van der Waals surface area contributed by atoms with Gasteiger partial charge in [0.2, 0.25) is 0 Å². The van der Waals surface area contributed by atoms with Crippen LogP contribution in [0.3, 0.4) is 0 Å². The SMILES string of the molecule is COc1cc(OCC(O)CN2C[C@H]3COC[C@H]3C2)cc(-c2ccc(S(C)(=O)=O)cc2)c1. The zero-order chi connectivity index (χ0) is 22.0. The van der Waals surface area contributed by atoms with E-state index >= 15 is 0 Å². The minimum atomic E-state index is -3.24. The molecule has 2 aromatic carbocycles. The Labute approximate surface area is 183 Å². The van der Waals surface area contributed by atoms with Crippen molar-refractivity contribution in [2.24, 2.45) is 11.8 Å². The molecule has 0 aliphatic carbocycles. The Kier molecular flexibility index (Phi) is 6.52. The fourth-order valence-corrected chi connectivity index (χ4v) is 4.94. The second-order valence-electron chi connectivity index (χ2n) is 8.43. The Hall–Kier alpha value is -2.13. The van der Waals surface area contributed by atoms with Crippen molar-refractivity contribution in [2.75, 3.05) is 52.8 Å². The number of methoxy groups -OCH3 is 1. The average molecular weight is 448 g/mol. The zero-order valence-electron chi connectivity index (χ0n) is 17.9. The van der Waals surface area contributed by atoms with Gasteiger partial charge in [0.05, 0.1) is 25.2 Å². The third-order valence-corrected chi connectivity index (χ3v) is 7.09. The molecule has 2 heterocycles. The number of aliphatic hydroxyl groups excluding tert-OH is 1. The Morgan fingerprint density at radius 1 is 1.06 bits per heavy atom. The van der Waals surface area contributed by atoms with Crippen LogP contribution in [-0.2, 0) is 14.6 Å². The van der Waals surface area contributed by atoms with E-state index < -0.39 is 15.9 Å². The molecule has 31 heavy (non-hydrogen) atoms. The van der Waals surface area contributed by atoms with E-state index in [1.54, 1.807) is 37.4 Å². The molecule has 0 bridgehead atoms. The van der Waals surface area contributed by atoms with E-state index in [9.17, 15) is 13.5 Å². The van der Waals surface area contributed by atoms with Crippen LogP contribution in [0.4, 0.5) is 0 Å². The molecule has 1 N–H and O–H groups in total. The number of hydrogen-bond donors (Lipinski definition) is 1. The molecule has 2 saturated heterocycles. The first-order valence-electron chi connectivity index (χ1n) is 10.4. The molecule has 0 saturated carbocycles. The van der Waals surface area contributed by atoms with Crippen molar-refractivity contribution in [3.63, 3.8) is 0 Å². The van der Waals surface area contributed by atoms with Crippen molar-refractivity contribution in [1.82, 2.24) is 4.90 Å². The predicted octanol–water partition coefficient (Wildman–Crippen LogP) is 2.08. The van der Waals surface area contributed by atoms with Crippen molar-refractivity contribution in [3.05, 3.63) is 42.5 Å². The van der Waals surface area contributed by atoms with E-state index in [1.165, 1.54) is 6.26 Å². The second-order valence-corrected chi connectivity index (χ2v) is 10.5. The number of aliphatic hydroxyl groups is 1. The maximum absolute atomic E-state index is 11.7. The van der Waals surface area contributed by atoms with Crippen LogP contribution < -0.4 is 9.47 Å². The normalized spacial score (nSPS) is 22.3. The zero-order valence-corrected chi connectivity index (χ0v) is 18.7. The standard InChI is InChI=1S/C23H29NO6S/c1-28-21-7-17(16-3-5-23(6-4-16)31(2,26)27)8-22(9-21)30-15-20(25)12-24-10-18-13-29-14-19(18)11-24/h3-9,18-20,25H,10-15H2,1-2H3/t18-,19+,20?. The minimum Gasteiger partial charge on any atom is -0.497 e. The van der Waals surface area contributed by atoms with Gasteiger partial charge in [-0.25, -0.2) is 8.42 Å². The van der Waals surface area contributed by atoms with Crippen molar-refractivity contribution < 1.29 is 27.7 Å². The monoisotopic (exact) mass is 447 g/mol. The van der Waals surface area contributed by atoms with E-state index in [0.717, 1.165) is 37.4 Å². The molecule has 3 atom stereocenters. The average Bonchev–Trinajstić information content (AvgIpc) is 3.33. The minimum absolute atomic E-state index is 0.182. The van der Waals surface area contributed by atoms with Gasteiger partial charge in [-0.1, -0.05) is 12.1 Å². The summed E-state index contributed by atoms with van der Waals surface area (Å²) in [6.45, 7) is 4.35. The van der Waals surface area contributed by atoms with Gasteiger partial charge in [0, 0.05) is 43.8 Å². The lowest BCUT2D eigenvalue weighted by Gasteiger charge is -2.21. The lowest BCUT2D eigenvalue weighted by Crippen LogP contribution is -2.35. The first-order chi connectivity index (χ1) is 14.8. The first kappa shape index (κ1) is 22.1. The molecular weight excluding hydrogens is 418 g/mol. The summed E-state index contributed by atoms with van der Waals surface area (Å²) in [6.07, 6.45) is 0.594. The molecule has 1 unspecified atom stereocenters. The van der Waals surface area contributed by atoms with Gasteiger partial charge >= 0.3 is 0 Å². The van der Waals surface area contributed by atoms with Crippen LogP contribution in [0.25, 0.3) is 11.1 Å². The molecule has 2 aliphatic heterocycles. The van der Waals surface area contributed by atoms with Gasteiger partial charge in [-0.2, -0.15) is 0 Å². The van der Waals surface area contributed by atoms with Crippen LogP contribution in [0.15, 0.2) is 47.4 Å². The molecule has 168 valence electrons. The first-order valence-corrected chi connectivity index (χ1v) is 12.3. The number of likely N-dealkylation sites (tertiary alicyclic amines) is 1. The molecule has 2 aliphatic rings. The molecule has 7 nitrogen and oxygen atoms in total. The van der Waals surface area contributed by atoms with Gasteiger partial charge in [0.1, 0.15) is 24.2 Å². The molecule has 0 radical (unpaired) electrons. The number of nitrogens with zero attached hydrogens (tertiary/aromatic N) is 1. The number of benzene rings is 2. The summed E-state index contributed by atoms with van der Waals surface area (Å²) < 4.78 is 40.2. The van der Waals surface area contributed by atoms with Gasteiger partial charge < -0.3 is 19.3 Å². The van der Waals surface area contributed by atoms with Crippen molar-refractivity contribution in [1.29, 1.82) is 0 Å². The summed E-state index contributed by atoms with van der Waals surface area (Å²) in [7, 11) is -1.66. The molecule has 8 heteroatoms. The maximum Gasteiger partial charge on any atom is 0.175 e. The van der Waals surface area contributed by atoms with Crippen molar-refractivity contribution >= 4 is 9.84 Å². The molecule has 2 aromatic rings. The number of ether oxygens (including phenoxy) is 3. The van der Waals surface area contributed by atoms with Gasteiger partial charge in [-0.3, -0.25) is 4.90 Å². The molecule has 4 rings (SSSR count). The van der Waals surface area contributed by atoms with E-state index in [0.29, 0.717) is 29.9 Å². The highest BCUT2D eigenvalue weighted by molar-refractivity contribution is 7.90. The van der Waals surface area contributed by atoms with Crippen LogP contribution in [0, 0.1) is 11.8 Å². The Balaban J connectivity index is 1.40. The van der Waals surface area contributed by atoms with Gasteiger partial charge in [-0.05, 0) is 35.4 Å². The molecule has 2 fully saturated rings. The highest BCUT2D eigenvalue weighted by Crippen LogP contribution is 2.31. The predicted molar refractivity (Wildman–Crippen MR) is 117 cm³/mol. The summed E-state index contributed by atoms with van der Waals surface area (Å²) in [5.74, 6) is 2.39. The summed E-state index contributed by atoms with van der Waals surface area (Å²) >= 11 is 0. The summed E-state index contributed by atoms with van der Waals surface area (Å²) in [4.78, 5) is 2.56. The van der Waals surface area contributed by atoms with E-state index in [2.05, 4.69) is 4.90 Å². The smallest absolute Gasteiger partial charge is 0.175 e. The Morgan fingerprint density at radius 3 is 2.32 bits per heavy atom. The van der Waals surface area contributed by atoms with Gasteiger partial charge in [0.15, 0.2) is 9.84 Å². The number of rotatable bonds is 8. The van der Waals surface area contributed by atoms with E-state index in [4.69, 9.17) is 14.2 Å². The fraction of sp³-hybridized carbons (Fsp3) is 0.478. The van der Waals surface area contributed by atoms with E-state index in [1.807, 2.05) is 12.1 Å². The number of sulfone groups is 1. The molecule has 0 aromatic heterocycles. The summed E-state index contributed by atoms with van der Waals surface area (Å²) in [6, 6.07) is 12.2. The van der Waals surface area contributed by atoms with Gasteiger partial charge in [-0.15, -0.1) is 0 Å². The highest BCUT2D eigenvalue weighted by Gasteiger charge is 2.37. The summed E-state index contributed by atoms with van der Waals surface area (Å²) in [5.41, 5.74) is 1.69. The molecule has 0 amide bonds. The third kappa shape index (κ3) is 5.38. The third-order valence-electron chi connectivity index (χ3n) is 5.96.